The van der Waals surface area contributed by atoms with E-state index >= 15 is 0 Å². The van der Waals surface area contributed by atoms with E-state index < -0.39 is 0 Å². The number of rotatable bonds is 1. The number of aryl methyl sites for hydroxylation is 1. The Morgan fingerprint density at radius 3 is 3.00 bits per heavy atom. The Bertz CT molecular complexity index is 406. The first-order valence-electron chi connectivity index (χ1n) is 4.62. The van der Waals surface area contributed by atoms with Gasteiger partial charge in [0.15, 0.2) is 0 Å². The molecule has 0 saturated heterocycles. The van der Waals surface area contributed by atoms with Gasteiger partial charge in [-0.3, -0.25) is 0 Å². The molecule has 0 heterocycles. The lowest BCUT2D eigenvalue weighted by atomic mass is 10.0. The van der Waals surface area contributed by atoms with E-state index in [9.17, 15) is 0 Å². The van der Waals surface area contributed by atoms with Crippen LogP contribution >= 0.6 is 0 Å². The van der Waals surface area contributed by atoms with E-state index in [4.69, 9.17) is 15.7 Å². The standard InChI is InChI=1S/C11H12N2O/c1-14-11-5-9-7(4-10(11)13)2-3-8(9)6-12/h4-5,8H,2-3,13H2,1H3. The molecule has 1 aliphatic carbocycles. The minimum atomic E-state index is 0.0134. The van der Waals surface area contributed by atoms with Crippen LogP contribution in [0.15, 0.2) is 12.1 Å². The number of ether oxygens (including phenoxy) is 1. The number of anilines is 1. The fraction of sp³-hybridized carbons (Fsp3) is 0.364. The Hall–Kier alpha value is -1.69. The SMILES string of the molecule is COc1cc2c(cc1N)CCC2C#N. The number of nitriles is 1. The molecule has 72 valence electrons. The van der Waals surface area contributed by atoms with Crippen LogP contribution < -0.4 is 10.5 Å². The summed E-state index contributed by atoms with van der Waals surface area (Å²) >= 11 is 0. The molecule has 0 amide bonds. The first-order chi connectivity index (χ1) is 6.76. The molecule has 2 N–H and O–H groups in total. The van der Waals surface area contributed by atoms with Crippen molar-refractivity contribution in [2.75, 3.05) is 12.8 Å². The van der Waals surface area contributed by atoms with Crippen LogP contribution in [0.25, 0.3) is 0 Å². The monoisotopic (exact) mass is 188 g/mol. The molecule has 2 rings (SSSR count). The highest BCUT2D eigenvalue weighted by Crippen LogP contribution is 2.37. The zero-order valence-corrected chi connectivity index (χ0v) is 8.08. The van der Waals surface area contributed by atoms with Crippen molar-refractivity contribution in [3.63, 3.8) is 0 Å². The van der Waals surface area contributed by atoms with Crippen molar-refractivity contribution in [2.24, 2.45) is 0 Å². The highest BCUT2D eigenvalue weighted by molar-refractivity contribution is 5.59. The van der Waals surface area contributed by atoms with E-state index in [1.54, 1.807) is 7.11 Å². The molecule has 3 nitrogen and oxygen atoms in total. The lowest BCUT2D eigenvalue weighted by molar-refractivity contribution is 0.416. The van der Waals surface area contributed by atoms with Crippen molar-refractivity contribution in [3.8, 4) is 11.8 Å². The molecule has 1 aromatic carbocycles. The molecule has 1 aromatic rings. The van der Waals surface area contributed by atoms with E-state index in [1.165, 1.54) is 5.56 Å². The maximum Gasteiger partial charge on any atom is 0.142 e. The average molecular weight is 188 g/mol. The normalized spacial score (nSPS) is 18.7. The summed E-state index contributed by atoms with van der Waals surface area (Å²) in [4.78, 5) is 0. The van der Waals surface area contributed by atoms with Crippen molar-refractivity contribution in [1.82, 2.24) is 0 Å². The van der Waals surface area contributed by atoms with Crippen LogP contribution in [-0.2, 0) is 6.42 Å². The third kappa shape index (κ3) is 1.20. The molecule has 0 saturated carbocycles. The van der Waals surface area contributed by atoms with Gasteiger partial charge < -0.3 is 10.5 Å². The Kier molecular flexibility index (Phi) is 2.05. The fourth-order valence-corrected chi connectivity index (χ4v) is 1.97. The van der Waals surface area contributed by atoms with Crippen molar-refractivity contribution < 1.29 is 4.74 Å². The molecule has 14 heavy (non-hydrogen) atoms. The molecule has 1 unspecified atom stereocenters. The summed E-state index contributed by atoms with van der Waals surface area (Å²) in [6.45, 7) is 0. The molecule has 3 heteroatoms. The van der Waals surface area contributed by atoms with Crippen molar-refractivity contribution in [1.29, 1.82) is 5.26 Å². The van der Waals surface area contributed by atoms with Gasteiger partial charge in [0.05, 0.1) is 24.8 Å². The van der Waals surface area contributed by atoms with Gasteiger partial charge in [0.1, 0.15) is 5.75 Å². The summed E-state index contributed by atoms with van der Waals surface area (Å²) < 4.78 is 5.13. The molecule has 0 aliphatic heterocycles. The third-order valence-corrected chi connectivity index (χ3v) is 2.73. The topological polar surface area (TPSA) is 59.0 Å². The minimum absolute atomic E-state index is 0.0134. The van der Waals surface area contributed by atoms with Gasteiger partial charge in [0.25, 0.3) is 0 Å². The number of hydrogen-bond acceptors (Lipinski definition) is 3. The molecule has 0 radical (unpaired) electrons. The number of hydrogen-bond donors (Lipinski definition) is 1. The summed E-state index contributed by atoms with van der Waals surface area (Å²) in [6.07, 6.45) is 1.85. The second kappa shape index (κ2) is 3.22. The van der Waals surface area contributed by atoms with Crippen molar-refractivity contribution in [2.45, 2.75) is 18.8 Å². The van der Waals surface area contributed by atoms with Crippen LogP contribution in [0.4, 0.5) is 5.69 Å². The molecule has 0 aromatic heterocycles. The molecule has 1 aliphatic rings. The second-order valence-corrected chi connectivity index (χ2v) is 3.51. The van der Waals surface area contributed by atoms with Gasteiger partial charge in [-0.05, 0) is 36.1 Å². The van der Waals surface area contributed by atoms with Gasteiger partial charge in [-0.15, -0.1) is 0 Å². The fourth-order valence-electron chi connectivity index (χ4n) is 1.97. The second-order valence-electron chi connectivity index (χ2n) is 3.51. The maximum absolute atomic E-state index is 8.92. The van der Waals surface area contributed by atoms with Gasteiger partial charge in [-0.2, -0.15) is 5.26 Å². The van der Waals surface area contributed by atoms with Crippen LogP contribution in [0, 0.1) is 11.3 Å². The van der Waals surface area contributed by atoms with Crippen molar-refractivity contribution in [3.05, 3.63) is 23.3 Å². The third-order valence-electron chi connectivity index (χ3n) is 2.73. The van der Waals surface area contributed by atoms with Crippen LogP contribution in [0.2, 0.25) is 0 Å². The van der Waals surface area contributed by atoms with Crippen LogP contribution in [-0.4, -0.2) is 7.11 Å². The Morgan fingerprint density at radius 1 is 1.57 bits per heavy atom. The number of nitrogens with two attached hydrogens (primary N) is 1. The van der Waals surface area contributed by atoms with Gasteiger partial charge >= 0.3 is 0 Å². The van der Waals surface area contributed by atoms with Gasteiger partial charge in [-0.25, -0.2) is 0 Å². The van der Waals surface area contributed by atoms with Crippen LogP contribution in [0.3, 0.4) is 0 Å². The zero-order valence-electron chi connectivity index (χ0n) is 8.08. The van der Waals surface area contributed by atoms with Crippen LogP contribution in [0.5, 0.6) is 5.75 Å². The predicted octanol–water partition coefficient (Wildman–Crippen LogP) is 1.83. The minimum Gasteiger partial charge on any atom is -0.495 e. The summed E-state index contributed by atoms with van der Waals surface area (Å²) in [5.41, 5.74) is 8.71. The summed E-state index contributed by atoms with van der Waals surface area (Å²) in [5, 5.41) is 8.92. The lowest BCUT2D eigenvalue weighted by Crippen LogP contribution is -1.96. The first kappa shape index (κ1) is 8.89. The Labute approximate surface area is 83.1 Å². The molecular weight excluding hydrogens is 176 g/mol. The van der Waals surface area contributed by atoms with E-state index in [-0.39, 0.29) is 5.92 Å². The van der Waals surface area contributed by atoms with E-state index in [2.05, 4.69) is 6.07 Å². The van der Waals surface area contributed by atoms with E-state index in [1.807, 2.05) is 12.1 Å². The first-order valence-corrected chi connectivity index (χ1v) is 4.62. The van der Waals surface area contributed by atoms with E-state index in [0.29, 0.717) is 11.4 Å². The molecule has 0 bridgehead atoms. The summed E-state index contributed by atoms with van der Waals surface area (Å²) in [5.74, 6) is 0.686. The number of benzene rings is 1. The largest absolute Gasteiger partial charge is 0.495 e. The molecular formula is C11H12N2O. The highest BCUT2D eigenvalue weighted by Gasteiger charge is 2.23. The van der Waals surface area contributed by atoms with Gasteiger partial charge in [0, 0.05) is 0 Å². The Balaban J connectivity index is 2.51. The van der Waals surface area contributed by atoms with E-state index in [0.717, 1.165) is 18.4 Å². The summed E-state index contributed by atoms with van der Waals surface area (Å²) in [7, 11) is 1.59. The number of fused-ring (bicyclic) bond motifs is 1. The van der Waals surface area contributed by atoms with Gasteiger partial charge in [-0.1, -0.05) is 0 Å². The highest BCUT2D eigenvalue weighted by atomic mass is 16.5. The predicted molar refractivity (Wildman–Crippen MR) is 54.1 cm³/mol. The smallest absolute Gasteiger partial charge is 0.142 e. The number of nitrogens with zero attached hydrogens (tertiary/aromatic N) is 1. The number of methoxy groups -OCH3 is 1. The molecule has 1 atom stereocenters. The van der Waals surface area contributed by atoms with Crippen molar-refractivity contribution >= 4 is 5.69 Å². The molecule has 0 fully saturated rings. The summed E-state index contributed by atoms with van der Waals surface area (Å²) in [6, 6.07) is 6.11. The number of nitrogen functional groups attached to an aromatic ring is 1. The lowest BCUT2D eigenvalue weighted by Gasteiger charge is -2.08. The maximum atomic E-state index is 8.92. The average Bonchev–Trinajstić information content (AvgIpc) is 2.58. The molecule has 0 spiro atoms. The quantitative estimate of drug-likeness (QED) is 0.684. The van der Waals surface area contributed by atoms with Gasteiger partial charge in [0.2, 0.25) is 0 Å². The van der Waals surface area contributed by atoms with Crippen LogP contribution in [0.1, 0.15) is 23.5 Å². The Morgan fingerprint density at radius 2 is 2.36 bits per heavy atom. The zero-order chi connectivity index (χ0) is 10.1.